The van der Waals surface area contributed by atoms with E-state index < -0.39 is 0 Å². The fraction of sp³-hybridized carbons (Fsp3) is 0.308. The van der Waals surface area contributed by atoms with Gasteiger partial charge >= 0.3 is 0 Å². The molecule has 3 heteroatoms. The Bertz CT molecular complexity index is 421. The Labute approximate surface area is 94.7 Å². The summed E-state index contributed by atoms with van der Waals surface area (Å²) in [5, 5.41) is 0. The van der Waals surface area contributed by atoms with Gasteiger partial charge in [-0.3, -0.25) is 4.79 Å². The summed E-state index contributed by atoms with van der Waals surface area (Å²) < 4.78 is 10.7. The molecule has 0 aromatic heterocycles. The number of benzene rings is 1. The van der Waals surface area contributed by atoms with Gasteiger partial charge in [-0.15, -0.1) is 0 Å². The second kappa shape index (κ2) is 4.84. The molecule has 0 aliphatic carbocycles. The maximum atomic E-state index is 11.1. The number of carbonyl (C=O) groups excluding carboxylic acids is 1. The number of rotatable bonds is 2. The number of allylic oxidation sites excluding steroid dienone is 1. The SMILES string of the molecule is CCC=Cc1ccc2c(c1)OCC(=O)CO2. The summed E-state index contributed by atoms with van der Waals surface area (Å²) in [7, 11) is 0. The van der Waals surface area contributed by atoms with Crippen LogP contribution in [0.1, 0.15) is 18.9 Å². The van der Waals surface area contributed by atoms with Crippen LogP contribution >= 0.6 is 0 Å². The summed E-state index contributed by atoms with van der Waals surface area (Å²) in [6.07, 6.45) is 5.09. The lowest BCUT2D eigenvalue weighted by molar-refractivity contribution is -0.122. The number of carbonyl (C=O) groups is 1. The average molecular weight is 218 g/mol. The monoisotopic (exact) mass is 218 g/mol. The molecule has 2 rings (SSSR count). The third kappa shape index (κ3) is 2.42. The van der Waals surface area contributed by atoms with E-state index in [-0.39, 0.29) is 19.0 Å². The van der Waals surface area contributed by atoms with E-state index in [9.17, 15) is 4.79 Å². The third-order valence-corrected chi connectivity index (χ3v) is 2.29. The number of ether oxygens (including phenoxy) is 2. The minimum Gasteiger partial charge on any atom is -0.482 e. The van der Waals surface area contributed by atoms with Crippen molar-refractivity contribution >= 4 is 11.9 Å². The van der Waals surface area contributed by atoms with Crippen molar-refractivity contribution in [3.63, 3.8) is 0 Å². The van der Waals surface area contributed by atoms with Crippen molar-refractivity contribution in [2.45, 2.75) is 13.3 Å². The van der Waals surface area contributed by atoms with Crippen molar-refractivity contribution in [3.8, 4) is 11.5 Å². The number of fused-ring (bicyclic) bond motifs is 1. The van der Waals surface area contributed by atoms with Gasteiger partial charge in [-0.25, -0.2) is 0 Å². The fourth-order valence-electron chi connectivity index (χ4n) is 1.47. The first kappa shape index (κ1) is 10.7. The largest absolute Gasteiger partial charge is 0.482 e. The second-order valence-electron chi connectivity index (χ2n) is 3.63. The van der Waals surface area contributed by atoms with Gasteiger partial charge in [0.05, 0.1) is 0 Å². The molecule has 0 amide bonds. The molecule has 1 aromatic rings. The number of ketones is 1. The number of hydrogen-bond acceptors (Lipinski definition) is 3. The van der Waals surface area contributed by atoms with Crippen LogP contribution < -0.4 is 9.47 Å². The summed E-state index contributed by atoms with van der Waals surface area (Å²) >= 11 is 0. The molecule has 1 aromatic carbocycles. The molecule has 0 fully saturated rings. The molecule has 3 nitrogen and oxygen atoms in total. The van der Waals surface area contributed by atoms with Crippen molar-refractivity contribution < 1.29 is 14.3 Å². The predicted octanol–water partition coefficient (Wildman–Crippen LogP) is 2.45. The summed E-state index contributed by atoms with van der Waals surface area (Å²) in [6.45, 7) is 2.27. The summed E-state index contributed by atoms with van der Waals surface area (Å²) in [6, 6.07) is 5.67. The molecule has 1 aliphatic rings. The van der Waals surface area contributed by atoms with E-state index in [1.807, 2.05) is 24.3 Å². The van der Waals surface area contributed by atoms with Crippen molar-refractivity contribution in [1.29, 1.82) is 0 Å². The van der Waals surface area contributed by atoms with Crippen LogP contribution in [0.5, 0.6) is 11.5 Å². The topological polar surface area (TPSA) is 35.5 Å². The highest BCUT2D eigenvalue weighted by Crippen LogP contribution is 2.30. The van der Waals surface area contributed by atoms with E-state index in [4.69, 9.17) is 9.47 Å². The first-order valence-electron chi connectivity index (χ1n) is 5.37. The molecule has 0 atom stereocenters. The number of hydrogen-bond donors (Lipinski definition) is 0. The molecule has 0 spiro atoms. The van der Waals surface area contributed by atoms with Crippen LogP contribution in [0.2, 0.25) is 0 Å². The molecule has 0 unspecified atom stereocenters. The van der Waals surface area contributed by atoms with Crippen LogP contribution in [-0.4, -0.2) is 19.0 Å². The van der Waals surface area contributed by atoms with Crippen LogP contribution in [0.15, 0.2) is 24.3 Å². The highest BCUT2D eigenvalue weighted by molar-refractivity contribution is 5.82. The van der Waals surface area contributed by atoms with Gasteiger partial charge in [-0.2, -0.15) is 0 Å². The van der Waals surface area contributed by atoms with Gasteiger partial charge < -0.3 is 9.47 Å². The van der Waals surface area contributed by atoms with Gasteiger partial charge in [0.25, 0.3) is 0 Å². The molecule has 0 saturated heterocycles. The Morgan fingerprint density at radius 3 is 2.75 bits per heavy atom. The first-order valence-corrected chi connectivity index (χ1v) is 5.37. The molecule has 1 heterocycles. The van der Waals surface area contributed by atoms with Crippen LogP contribution in [0, 0.1) is 0 Å². The molecule has 0 N–H and O–H groups in total. The highest BCUT2D eigenvalue weighted by atomic mass is 16.5. The van der Waals surface area contributed by atoms with E-state index in [1.54, 1.807) is 0 Å². The summed E-state index contributed by atoms with van der Waals surface area (Å²) in [5.41, 5.74) is 1.05. The maximum absolute atomic E-state index is 11.1. The fourth-order valence-corrected chi connectivity index (χ4v) is 1.47. The summed E-state index contributed by atoms with van der Waals surface area (Å²) in [4.78, 5) is 11.1. The minimum absolute atomic E-state index is 0.0400. The van der Waals surface area contributed by atoms with Crippen LogP contribution in [0.25, 0.3) is 6.08 Å². The molecule has 16 heavy (non-hydrogen) atoms. The Morgan fingerprint density at radius 2 is 2.00 bits per heavy atom. The van der Waals surface area contributed by atoms with Gasteiger partial charge in [-0.05, 0) is 24.1 Å². The molecular weight excluding hydrogens is 204 g/mol. The quantitative estimate of drug-likeness (QED) is 0.764. The van der Waals surface area contributed by atoms with Crippen molar-refractivity contribution in [1.82, 2.24) is 0 Å². The second-order valence-corrected chi connectivity index (χ2v) is 3.63. The summed E-state index contributed by atoms with van der Waals surface area (Å²) in [5.74, 6) is 1.24. The lowest BCUT2D eigenvalue weighted by Crippen LogP contribution is -2.15. The van der Waals surface area contributed by atoms with E-state index in [0.29, 0.717) is 11.5 Å². The molecule has 0 radical (unpaired) electrons. The Balaban J connectivity index is 2.24. The van der Waals surface area contributed by atoms with Crippen molar-refractivity contribution in [3.05, 3.63) is 29.8 Å². The van der Waals surface area contributed by atoms with Crippen molar-refractivity contribution in [2.75, 3.05) is 13.2 Å². The minimum atomic E-state index is -0.0400. The highest BCUT2D eigenvalue weighted by Gasteiger charge is 2.14. The predicted molar refractivity (Wildman–Crippen MR) is 61.8 cm³/mol. The molecule has 0 bridgehead atoms. The standard InChI is InChI=1S/C13H14O3/c1-2-3-4-10-5-6-12-13(7-10)16-9-11(14)8-15-12/h3-7H,2,8-9H2,1H3. The zero-order valence-electron chi connectivity index (χ0n) is 9.23. The first-order chi connectivity index (χ1) is 7.79. The Kier molecular flexibility index (Phi) is 3.25. The Hall–Kier alpha value is -1.77. The van der Waals surface area contributed by atoms with Gasteiger partial charge in [0.2, 0.25) is 5.78 Å². The van der Waals surface area contributed by atoms with E-state index in [0.717, 1.165) is 12.0 Å². The van der Waals surface area contributed by atoms with Gasteiger partial charge in [-0.1, -0.05) is 25.1 Å². The third-order valence-electron chi connectivity index (χ3n) is 2.29. The van der Waals surface area contributed by atoms with Crippen LogP contribution in [-0.2, 0) is 4.79 Å². The van der Waals surface area contributed by atoms with Crippen LogP contribution in [0.3, 0.4) is 0 Å². The van der Waals surface area contributed by atoms with E-state index >= 15 is 0 Å². The lowest BCUT2D eigenvalue weighted by Gasteiger charge is -2.06. The average Bonchev–Trinajstić information content (AvgIpc) is 2.49. The van der Waals surface area contributed by atoms with Gasteiger partial charge in [0.15, 0.2) is 24.7 Å². The van der Waals surface area contributed by atoms with Gasteiger partial charge in [0, 0.05) is 0 Å². The maximum Gasteiger partial charge on any atom is 0.207 e. The van der Waals surface area contributed by atoms with Crippen molar-refractivity contribution in [2.24, 2.45) is 0 Å². The van der Waals surface area contributed by atoms with Crippen LogP contribution in [0.4, 0.5) is 0 Å². The Morgan fingerprint density at radius 1 is 1.25 bits per heavy atom. The number of Topliss-reactive ketones (excluding diaryl/α,β-unsaturated/α-hetero) is 1. The molecule has 84 valence electrons. The molecule has 1 aliphatic heterocycles. The lowest BCUT2D eigenvalue weighted by atomic mass is 10.2. The molecule has 0 saturated carbocycles. The molecular formula is C13H14O3. The normalized spacial score (nSPS) is 15.2. The zero-order valence-corrected chi connectivity index (χ0v) is 9.23. The van der Waals surface area contributed by atoms with E-state index in [2.05, 4.69) is 13.0 Å². The smallest absolute Gasteiger partial charge is 0.207 e. The zero-order chi connectivity index (χ0) is 11.4. The van der Waals surface area contributed by atoms with Gasteiger partial charge in [0.1, 0.15) is 0 Å². The van der Waals surface area contributed by atoms with E-state index in [1.165, 1.54) is 0 Å².